The van der Waals surface area contributed by atoms with Gasteiger partial charge in [-0.25, -0.2) is 13.1 Å². The molecule has 1 N–H and O–H groups in total. The molecule has 80 valence electrons. The minimum absolute atomic E-state index is 0.0358. The average molecular weight is 217 g/mol. The van der Waals surface area contributed by atoms with Gasteiger partial charge in [-0.1, -0.05) is 6.92 Å². The van der Waals surface area contributed by atoms with E-state index in [9.17, 15) is 8.42 Å². The van der Waals surface area contributed by atoms with E-state index in [-0.39, 0.29) is 11.1 Å². The monoisotopic (exact) mass is 217 g/mol. The minimum atomic E-state index is -3.48. The SMILES string of the molecule is CCc1ccoc1S(=O)(=O)NC(C)C. The fourth-order valence-corrected chi connectivity index (χ4v) is 2.65. The molecule has 1 aromatic heterocycles. The lowest BCUT2D eigenvalue weighted by molar-refractivity contribution is 0.438. The van der Waals surface area contributed by atoms with E-state index in [0.717, 1.165) is 0 Å². The molecule has 1 aromatic rings. The van der Waals surface area contributed by atoms with Gasteiger partial charge in [0.25, 0.3) is 10.0 Å². The molecule has 14 heavy (non-hydrogen) atoms. The molecular formula is C9H15NO3S. The number of furan rings is 1. The van der Waals surface area contributed by atoms with Gasteiger partial charge < -0.3 is 4.42 Å². The Morgan fingerprint density at radius 3 is 2.64 bits per heavy atom. The van der Waals surface area contributed by atoms with E-state index in [0.29, 0.717) is 12.0 Å². The van der Waals surface area contributed by atoms with Crippen molar-refractivity contribution >= 4 is 10.0 Å². The Hall–Kier alpha value is -0.810. The number of nitrogens with one attached hydrogen (secondary N) is 1. The van der Waals surface area contributed by atoms with Crippen LogP contribution in [0.1, 0.15) is 26.3 Å². The van der Waals surface area contributed by atoms with E-state index >= 15 is 0 Å². The first-order valence-electron chi connectivity index (χ1n) is 4.56. The number of hydrogen-bond donors (Lipinski definition) is 1. The maximum absolute atomic E-state index is 11.7. The highest BCUT2D eigenvalue weighted by molar-refractivity contribution is 7.89. The Kier molecular flexibility index (Phi) is 3.34. The summed E-state index contributed by atoms with van der Waals surface area (Å²) in [5.41, 5.74) is 0.707. The number of sulfonamides is 1. The molecule has 0 radical (unpaired) electrons. The Bertz CT molecular complexity index is 392. The third-order valence-corrected chi connectivity index (χ3v) is 3.35. The van der Waals surface area contributed by atoms with Gasteiger partial charge in [0.15, 0.2) is 0 Å². The Morgan fingerprint density at radius 2 is 2.14 bits per heavy atom. The van der Waals surface area contributed by atoms with Crippen molar-refractivity contribution in [3.8, 4) is 0 Å². The molecular weight excluding hydrogens is 202 g/mol. The molecule has 0 spiro atoms. The zero-order valence-corrected chi connectivity index (χ0v) is 9.39. The summed E-state index contributed by atoms with van der Waals surface area (Å²) in [5.74, 6) is 0. The molecule has 0 saturated heterocycles. The highest BCUT2D eigenvalue weighted by Gasteiger charge is 2.21. The number of rotatable bonds is 4. The number of hydrogen-bond acceptors (Lipinski definition) is 3. The van der Waals surface area contributed by atoms with Crippen molar-refractivity contribution in [2.24, 2.45) is 0 Å². The van der Waals surface area contributed by atoms with E-state index < -0.39 is 10.0 Å². The van der Waals surface area contributed by atoms with Crippen LogP contribution in [0.4, 0.5) is 0 Å². The van der Waals surface area contributed by atoms with Gasteiger partial charge in [0.2, 0.25) is 5.09 Å². The van der Waals surface area contributed by atoms with Crippen molar-refractivity contribution in [2.75, 3.05) is 0 Å². The molecule has 0 unspecified atom stereocenters. The van der Waals surface area contributed by atoms with Gasteiger partial charge in [-0.2, -0.15) is 0 Å². The van der Waals surface area contributed by atoms with Crippen molar-refractivity contribution in [2.45, 2.75) is 38.3 Å². The second kappa shape index (κ2) is 4.14. The first kappa shape index (κ1) is 11.3. The Labute approximate surface area is 84.4 Å². The summed E-state index contributed by atoms with van der Waals surface area (Å²) >= 11 is 0. The van der Waals surface area contributed by atoms with Crippen LogP contribution in [-0.2, 0) is 16.4 Å². The van der Waals surface area contributed by atoms with E-state index in [1.54, 1.807) is 19.9 Å². The van der Waals surface area contributed by atoms with E-state index in [1.165, 1.54) is 6.26 Å². The summed E-state index contributed by atoms with van der Waals surface area (Å²) in [6.45, 7) is 5.43. The summed E-state index contributed by atoms with van der Waals surface area (Å²) in [4.78, 5) is 0. The quantitative estimate of drug-likeness (QED) is 0.832. The maximum atomic E-state index is 11.7. The highest BCUT2D eigenvalue weighted by atomic mass is 32.2. The molecule has 0 fully saturated rings. The van der Waals surface area contributed by atoms with Crippen LogP contribution >= 0.6 is 0 Å². The van der Waals surface area contributed by atoms with Crippen LogP contribution in [0.25, 0.3) is 0 Å². The van der Waals surface area contributed by atoms with Gasteiger partial charge in [0, 0.05) is 11.6 Å². The van der Waals surface area contributed by atoms with Crippen LogP contribution in [0.3, 0.4) is 0 Å². The lowest BCUT2D eigenvalue weighted by Crippen LogP contribution is -2.30. The van der Waals surface area contributed by atoms with Gasteiger partial charge >= 0.3 is 0 Å². The van der Waals surface area contributed by atoms with Crippen molar-refractivity contribution in [3.05, 3.63) is 17.9 Å². The Balaban J connectivity index is 3.04. The fraction of sp³-hybridized carbons (Fsp3) is 0.556. The Morgan fingerprint density at radius 1 is 1.50 bits per heavy atom. The highest BCUT2D eigenvalue weighted by Crippen LogP contribution is 2.17. The molecule has 0 aliphatic rings. The summed E-state index contributed by atoms with van der Waals surface area (Å²) in [6.07, 6.45) is 2.04. The van der Waals surface area contributed by atoms with E-state index in [4.69, 9.17) is 4.42 Å². The third kappa shape index (κ3) is 2.36. The van der Waals surface area contributed by atoms with Crippen molar-refractivity contribution in [1.29, 1.82) is 0 Å². The molecule has 0 aliphatic carbocycles. The second-order valence-electron chi connectivity index (χ2n) is 3.36. The van der Waals surface area contributed by atoms with E-state index in [1.807, 2.05) is 6.92 Å². The zero-order chi connectivity index (χ0) is 10.8. The summed E-state index contributed by atoms with van der Waals surface area (Å²) in [7, 11) is -3.48. The van der Waals surface area contributed by atoms with Crippen molar-refractivity contribution in [3.63, 3.8) is 0 Å². The van der Waals surface area contributed by atoms with Crippen LogP contribution in [0.15, 0.2) is 21.8 Å². The average Bonchev–Trinajstić information content (AvgIpc) is 2.48. The molecule has 4 nitrogen and oxygen atoms in total. The molecule has 5 heteroatoms. The molecule has 1 heterocycles. The molecule has 0 amide bonds. The van der Waals surface area contributed by atoms with E-state index in [2.05, 4.69) is 4.72 Å². The first-order valence-corrected chi connectivity index (χ1v) is 6.04. The molecule has 0 bridgehead atoms. The molecule has 0 aromatic carbocycles. The van der Waals surface area contributed by atoms with Gasteiger partial charge in [0.1, 0.15) is 0 Å². The van der Waals surface area contributed by atoms with Crippen LogP contribution in [-0.4, -0.2) is 14.5 Å². The predicted octanol–water partition coefficient (Wildman–Crippen LogP) is 1.53. The van der Waals surface area contributed by atoms with Crippen molar-refractivity contribution in [1.82, 2.24) is 4.72 Å². The second-order valence-corrected chi connectivity index (χ2v) is 4.98. The van der Waals surface area contributed by atoms with Crippen LogP contribution in [0, 0.1) is 0 Å². The molecule has 0 aliphatic heterocycles. The standard InChI is InChI=1S/C9H15NO3S/c1-4-8-5-6-13-9(8)14(11,12)10-7(2)3/h5-7,10H,4H2,1-3H3. The van der Waals surface area contributed by atoms with Gasteiger partial charge in [-0.3, -0.25) is 0 Å². The van der Waals surface area contributed by atoms with Crippen LogP contribution < -0.4 is 4.72 Å². The lowest BCUT2D eigenvalue weighted by Gasteiger charge is -2.07. The maximum Gasteiger partial charge on any atom is 0.274 e. The molecule has 0 saturated carbocycles. The van der Waals surface area contributed by atoms with Gasteiger partial charge in [-0.15, -0.1) is 0 Å². The summed E-state index contributed by atoms with van der Waals surface area (Å²) < 4.78 is 30.8. The molecule has 1 rings (SSSR count). The minimum Gasteiger partial charge on any atom is -0.451 e. The van der Waals surface area contributed by atoms with Crippen LogP contribution in [0.2, 0.25) is 0 Å². The predicted molar refractivity (Wildman–Crippen MR) is 53.5 cm³/mol. The largest absolute Gasteiger partial charge is 0.451 e. The number of aryl methyl sites for hydroxylation is 1. The van der Waals surface area contributed by atoms with Crippen LogP contribution in [0.5, 0.6) is 0 Å². The zero-order valence-electron chi connectivity index (χ0n) is 8.57. The fourth-order valence-electron chi connectivity index (χ4n) is 1.18. The smallest absolute Gasteiger partial charge is 0.274 e. The topological polar surface area (TPSA) is 59.3 Å². The third-order valence-electron chi connectivity index (χ3n) is 1.72. The summed E-state index contributed by atoms with van der Waals surface area (Å²) in [5, 5.41) is 0.0358. The lowest BCUT2D eigenvalue weighted by atomic mass is 10.3. The van der Waals surface area contributed by atoms with Gasteiger partial charge in [0.05, 0.1) is 6.26 Å². The van der Waals surface area contributed by atoms with Crippen molar-refractivity contribution < 1.29 is 12.8 Å². The van der Waals surface area contributed by atoms with Gasteiger partial charge in [-0.05, 0) is 26.3 Å². The first-order chi connectivity index (χ1) is 6.47. The molecule has 0 atom stereocenters. The normalized spacial score (nSPS) is 12.3. The summed E-state index contributed by atoms with van der Waals surface area (Å²) in [6, 6.07) is 1.55.